The zero-order valence-corrected chi connectivity index (χ0v) is 24.2. The molecule has 0 fully saturated rings. The molecule has 6 heterocycles. The molecule has 5 aromatic heterocycles. The first-order valence-electron chi connectivity index (χ1n) is 15.0. The summed E-state index contributed by atoms with van der Waals surface area (Å²) in [5.74, 6) is 0.845. The van der Waals surface area contributed by atoms with Gasteiger partial charge in [-0.05, 0) is 66.3 Å². The summed E-state index contributed by atoms with van der Waals surface area (Å²) in [6, 6.07) is 39.3. The number of dihydropyridines is 1. The second kappa shape index (κ2) is 10.2. The van der Waals surface area contributed by atoms with Crippen molar-refractivity contribution in [3.05, 3.63) is 163 Å². The van der Waals surface area contributed by atoms with Crippen LogP contribution in [0.5, 0.6) is 0 Å². The molecule has 0 saturated carbocycles. The highest BCUT2D eigenvalue weighted by molar-refractivity contribution is 6.10. The normalized spacial score (nSPS) is 14.9. The maximum Gasteiger partial charge on any atom is 0.138 e. The Morgan fingerprint density at radius 2 is 1.33 bits per heavy atom. The summed E-state index contributed by atoms with van der Waals surface area (Å²) in [6.45, 7) is 0. The summed E-state index contributed by atoms with van der Waals surface area (Å²) in [4.78, 5) is 19.4. The number of para-hydroxylation sites is 3. The predicted molar refractivity (Wildman–Crippen MR) is 182 cm³/mol. The Morgan fingerprint density at radius 1 is 0.600 bits per heavy atom. The zero-order valence-electron chi connectivity index (χ0n) is 24.2. The quantitative estimate of drug-likeness (QED) is 0.212. The van der Waals surface area contributed by atoms with Crippen LogP contribution in [0.2, 0.25) is 0 Å². The summed E-state index contributed by atoms with van der Waals surface area (Å²) in [6.07, 6.45) is 10.1. The van der Waals surface area contributed by atoms with Gasteiger partial charge in [-0.15, -0.1) is 0 Å². The van der Waals surface area contributed by atoms with Crippen LogP contribution >= 0.6 is 0 Å². The molecule has 0 bridgehead atoms. The highest BCUT2D eigenvalue weighted by Gasteiger charge is 2.23. The van der Waals surface area contributed by atoms with E-state index >= 15 is 0 Å². The Hall–Kier alpha value is -6.14. The molecule has 0 radical (unpaired) electrons. The SMILES string of the molecule is C1=C(c2cccc(-n3c4ccccc4c4cnccc43)n2)NC(c2ccccn2)C=C1c1c2ccccc2nc2ccccc12. The Balaban J connectivity index is 1.26. The number of fused-ring (bicyclic) bond motifs is 5. The molecule has 1 aliphatic heterocycles. The molecule has 0 amide bonds. The van der Waals surface area contributed by atoms with Gasteiger partial charge in [0.15, 0.2) is 0 Å². The molecule has 0 saturated heterocycles. The number of benzene rings is 3. The van der Waals surface area contributed by atoms with Crippen molar-refractivity contribution in [2.24, 2.45) is 0 Å². The molecule has 6 heteroatoms. The summed E-state index contributed by atoms with van der Waals surface area (Å²) in [5.41, 5.74) is 9.08. The van der Waals surface area contributed by atoms with E-state index in [0.717, 1.165) is 77.7 Å². The lowest BCUT2D eigenvalue weighted by atomic mass is 9.91. The lowest BCUT2D eigenvalue weighted by Gasteiger charge is -2.25. The maximum absolute atomic E-state index is 5.27. The topological polar surface area (TPSA) is 68.5 Å². The van der Waals surface area contributed by atoms with E-state index < -0.39 is 0 Å². The molecule has 45 heavy (non-hydrogen) atoms. The molecule has 1 aliphatic rings. The van der Waals surface area contributed by atoms with Crippen molar-refractivity contribution >= 4 is 54.9 Å². The molecule has 8 aromatic rings. The van der Waals surface area contributed by atoms with Crippen molar-refractivity contribution in [1.29, 1.82) is 0 Å². The summed E-state index contributed by atoms with van der Waals surface area (Å²) in [7, 11) is 0. The van der Waals surface area contributed by atoms with Crippen LogP contribution in [0, 0.1) is 0 Å². The van der Waals surface area contributed by atoms with Crippen molar-refractivity contribution in [2.75, 3.05) is 0 Å². The number of allylic oxidation sites excluding steroid dienone is 2. The van der Waals surface area contributed by atoms with E-state index in [1.807, 2.05) is 42.9 Å². The Bertz CT molecular complexity index is 2370. The third-order valence-corrected chi connectivity index (χ3v) is 8.55. The van der Waals surface area contributed by atoms with E-state index in [1.165, 1.54) is 0 Å². The number of aromatic nitrogens is 5. The smallest absolute Gasteiger partial charge is 0.138 e. The first-order chi connectivity index (χ1) is 22.3. The van der Waals surface area contributed by atoms with Crippen molar-refractivity contribution in [2.45, 2.75) is 6.04 Å². The van der Waals surface area contributed by atoms with Gasteiger partial charge in [0.25, 0.3) is 0 Å². The van der Waals surface area contributed by atoms with Crippen molar-refractivity contribution in [3.8, 4) is 5.82 Å². The van der Waals surface area contributed by atoms with Gasteiger partial charge in [-0.3, -0.25) is 14.5 Å². The number of pyridine rings is 4. The third-order valence-electron chi connectivity index (χ3n) is 8.55. The second-order valence-electron chi connectivity index (χ2n) is 11.2. The monoisotopic (exact) mass is 578 g/mol. The van der Waals surface area contributed by atoms with Crippen LogP contribution in [0.3, 0.4) is 0 Å². The van der Waals surface area contributed by atoms with Gasteiger partial charge in [0.1, 0.15) is 5.82 Å². The van der Waals surface area contributed by atoms with E-state index in [-0.39, 0.29) is 6.04 Å². The van der Waals surface area contributed by atoms with Crippen LogP contribution in [0.1, 0.15) is 23.0 Å². The molecular weight excluding hydrogens is 552 g/mol. The van der Waals surface area contributed by atoms with Crippen LogP contribution in [0.4, 0.5) is 0 Å². The summed E-state index contributed by atoms with van der Waals surface area (Å²) >= 11 is 0. The third kappa shape index (κ3) is 4.18. The Kier molecular flexibility index (Phi) is 5.77. The molecule has 212 valence electrons. The van der Waals surface area contributed by atoms with Crippen LogP contribution in [0.15, 0.2) is 146 Å². The minimum absolute atomic E-state index is 0.156. The Labute approximate surface area is 259 Å². The average Bonchev–Trinajstić information content (AvgIpc) is 3.45. The molecule has 9 rings (SSSR count). The summed E-state index contributed by atoms with van der Waals surface area (Å²) in [5, 5.41) is 8.23. The van der Waals surface area contributed by atoms with Crippen LogP contribution in [0.25, 0.3) is 60.7 Å². The molecule has 3 aromatic carbocycles. The van der Waals surface area contributed by atoms with Gasteiger partial charge in [0.05, 0.1) is 45.2 Å². The van der Waals surface area contributed by atoms with Gasteiger partial charge >= 0.3 is 0 Å². The van der Waals surface area contributed by atoms with Gasteiger partial charge in [0.2, 0.25) is 0 Å². The van der Waals surface area contributed by atoms with Crippen molar-refractivity contribution < 1.29 is 0 Å². The van der Waals surface area contributed by atoms with Gasteiger partial charge < -0.3 is 5.32 Å². The van der Waals surface area contributed by atoms with Crippen molar-refractivity contribution in [3.63, 3.8) is 0 Å². The second-order valence-corrected chi connectivity index (χ2v) is 11.2. The molecule has 6 nitrogen and oxygen atoms in total. The minimum Gasteiger partial charge on any atom is -0.371 e. The van der Waals surface area contributed by atoms with E-state index in [0.29, 0.717) is 0 Å². The van der Waals surface area contributed by atoms with Gasteiger partial charge in [-0.25, -0.2) is 9.97 Å². The molecular formula is C39H26N6. The highest BCUT2D eigenvalue weighted by atomic mass is 15.1. The lowest BCUT2D eigenvalue weighted by molar-refractivity contribution is 0.736. The average molecular weight is 579 g/mol. The van der Waals surface area contributed by atoms with E-state index in [4.69, 9.17) is 15.0 Å². The number of hydrogen-bond donors (Lipinski definition) is 1. The number of hydrogen-bond acceptors (Lipinski definition) is 5. The standard InChI is InChI=1S/C39H26N6/c1-4-13-30-27(11-1)39(28-12-2-5-14-31(28)42-30)25-22-34(32-15-7-8-20-41-32)43-35(23-25)33-16-9-18-38(44-33)45-36-17-6-3-10-26(36)29-24-40-21-19-37(29)45/h1-24,34,43H. The highest BCUT2D eigenvalue weighted by Crippen LogP contribution is 2.38. The fraction of sp³-hybridized carbons (Fsp3) is 0.0256. The van der Waals surface area contributed by atoms with Crippen molar-refractivity contribution in [1.82, 2.24) is 29.8 Å². The van der Waals surface area contributed by atoms with E-state index in [2.05, 4.69) is 118 Å². The van der Waals surface area contributed by atoms with Crippen LogP contribution in [-0.4, -0.2) is 24.5 Å². The number of rotatable bonds is 4. The van der Waals surface area contributed by atoms with Crippen LogP contribution < -0.4 is 5.32 Å². The molecule has 0 spiro atoms. The van der Waals surface area contributed by atoms with E-state index in [1.54, 1.807) is 0 Å². The van der Waals surface area contributed by atoms with E-state index in [9.17, 15) is 0 Å². The fourth-order valence-corrected chi connectivity index (χ4v) is 6.57. The number of nitrogens with one attached hydrogen (secondary N) is 1. The Morgan fingerprint density at radius 3 is 2.13 bits per heavy atom. The largest absolute Gasteiger partial charge is 0.371 e. The molecule has 1 unspecified atom stereocenters. The zero-order chi connectivity index (χ0) is 29.7. The predicted octanol–water partition coefficient (Wildman–Crippen LogP) is 8.44. The number of nitrogens with zero attached hydrogens (tertiary/aromatic N) is 5. The summed E-state index contributed by atoms with van der Waals surface area (Å²) < 4.78 is 2.22. The van der Waals surface area contributed by atoms with Gasteiger partial charge in [0, 0.05) is 45.7 Å². The van der Waals surface area contributed by atoms with Crippen LogP contribution in [-0.2, 0) is 0 Å². The van der Waals surface area contributed by atoms with Gasteiger partial charge in [-0.2, -0.15) is 0 Å². The lowest BCUT2D eigenvalue weighted by Crippen LogP contribution is -2.23. The molecule has 1 atom stereocenters. The molecule has 0 aliphatic carbocycles. The van der Waals surface area contributed by atoms with Gasteiger partial charge in [-0.1, -0.05) is 66.7 Å². The maximum atomic E-state index is 5.27. The first kappa shape index (κ1) is 25.4. The fourth-order valence-electron chi connectivity index (χ4n) is 6.57. The minimum atomic E-state index is -0.156. The molecule has 1 N–H and O–H groups in total. The first-order valence-corrected chi connectivity index (χ1v) is 15.0.